The second-order valence-corrected chi connectivity index (χ2v) is 3.31. The van der Waals surface area contributed by atoms with E-state index in [0.29, 0.717) is 0 Å². The van der Waals surface area contributed by atoms with Crippen molar-refractivity contribution in [2.75, 3.05) is 6.61 Å². The van der Waals surface area contributed by atoms with Crippen LogP contribution >= 0.6 is 9.64 Å². The minimum atomic E-state index is -0.755. The van der Waals surface area contributed by atoms with Crippen molar-refractivity contribution in [3.63, 3.8) is 0 Å². The molecule has 0 fully saturated rings. The van der Waals surface area contributed by atoms with Crippen LogP contribution in [0.15, 0.2) is 0 Å². The van der Waals surface area contributed by atoms with Crippen molar-refractivity contribution < 1.29 is 3.53 Å². The molecule has 7 heavy (non-hydrogen) atoms. The minimum absolute atomic E-state index is 0.755. The summed E-state index contributed by atoms with van der Waals surface area (Å²) in [7, 11) is 5.37. The SMILES string of the molecule is CCCC[O][Ga][Cl]. The summed E-state index contributed by atoms with van der Waals surface area (Å²) in [6, 6.07) is 0. The van der Waals surface area contributed by atoms with Crippen LogP contribution in [0.5, 0.6) is 0 Å². The van der Waals surface area contributed by atoms with E-state index in [-0.39, 0.29) is 0 Å². The Labute approximate surface area is 56.6 Å². The van der Waals surface area contributed by atoms with Gasteiger partial charge in [0.25, 0.3) is 0 Å². The first-order valence-electron chi connectivity index (χ1n) is 2.45. The van der Waals surface area contributed by atoms with E-state index in [4.69, 9.17) is 13.2 Å². The summed E-state index contributed by atoms with van der Waals surface area (Å²) in [5.41, 5.74) is 0. The Hall–Kier alpha value is 0.886. The molecule has 0 bridgehead atoms. The van der Waals surface area contributed by atoms with Gasteiger partial charge in [0.1, 0.15) is 0 Å². The predicted octanol–water partition coefficient (Wildman–Crippen LogP) is 1.58. The molecule has 1 nitrogen and oxygen atoms in total. The molecule has 0 aliphatic heterocycles. The molecule has 0 aromatic heterocycles. The number of hydrogen-bond acceptors (Lipinski definition) is 1. The van der Waals surface area contributed by atoms with Crippen molar-refractivity contribution in [2.24, 2.45) is 0 Å². The zero-order chi connectivity index (χ0) is 5.54. The Morgan fingerprint density at radius 2 is 2.43 bits per heavy atom. The first kappa shape index (κ1) is 7.89. The van der Waals surface area contributed by atoms with Crippen molar-refractivity contribution in [1.29, 1.82) is 0 Å². The molecule has 0 unspecified atom stereocenters. The van der Waals surface area contributed by atoms with Crippen LogP contribution in [0.4, 0.5) is 0 Å². The molecule has 1 radical (unpaired) electrons. The van der Waals surface area contributed by atoms with Gasteiger partial charge in [-0.3, -0.25) is 0 Å². The van der Waals surface area contributed by atoms with Gasteiger partial charge in [0.2, 0.25) is 0 Å². The van der Waals surface area contributed by atoms with Crippen molar-refractivity contribution in [1.82, 2.24) is 0 Å². The van der Waals surface area contributed by atoms with E-state index in [2.05, 4.69) is 6.92 Å². The second-order valence-electron chi connectivity index (χ2n) is 1.31. The first-order chi connectivity index (χ1) is 3.41. The van der Waals surface area contributed by atoms with Crippen LogP contribution in [-0.2, 0) is 3.53 Å². The van der Waals surface area contributed by atoms with Crippen LogP contribution in [-0.4, -0.2) is 23.4 Å². The van der Waals surface area contributed by atoms with Crippen LogP contribution in [0.25, 0.3) is 0 Å². The van der Waals surface area contributed by atoms with Crippen LogP contribution < -0.4 is 0 Å². The van der Waals surface area contributed by atoms with Crippen molar-refractivity contribution in [2.45, 2.75) is 19.8 Å². The molecule has 0 saturated carbocycles. The number of hydrogen-bond donors (Lipinski definition) is 0. The Balaban J connectivity index is 2.45. The maximum atomic E-state index is 5.37. The van der Waals surface area contributed by atoms with Crippen LogP contribution in [0.3, 0.4) is 0 Å². The van der Waals surface area contributed by atoms with Crippen molar-refractivity contribution in [3.05, 3.63) is 0 Å². The molecule has 0 aromatic rings. The summed E-state index contributed by atoms with van der Waals surface area (Å²) in [5, 5.41) is 0. The van der Waals surface area contributed by atoms with Gasteiger partial charge in [-0.15, -0.1) is 0 Å². The molecule has 0 atom stereocenters. The predicted molar refractivity (Wildman–Crippen MR) is 32.5 cm³/mol. The molecule has 0 N–H and O–H groups in total. The number of rotatable bonds is 4. The topological polar surface area (TPSA) is 9.23 Å². The van der Waals surface area contributed by atoms with E-state index < -0.39 is 16.8 Å². The molecule has 0 aliphatic rings. The van der Waals surface area contributed by atoms with Crippen LogP contribution in [0.1, 0.15) is 19.8 Å². The molecule has 3 heteroatoms. The van der Waals surface area contributed by atoms with Gasteiger partial charge in [0.15, 0.2) is 0 Å². The van der Waals surface area contributed by atoms with Crippen molar-refractivity contribution in [3.8, 4) is 0 Å². The van der Waals surface area contributed by atoms with Gasteiger partial charge in [-0.05, 0) is 0 Å². The summed E-state index contributed by atoms with van der Waals surface area (Å²) in [4.78, 5) is 0. The zero-order valence-electron chi connectivity index (χ0n) is 4.48. The molecule has 0 aromatic carbocycles. The molecule has 0 saturated heterocycles. The molecule has 41 valence electrons. The number of unbranched alkanes of at least 4 members (excludes halogenated alkanes) is 1. The zero-order valence-corrected chi connectivity index (χ0v) is 7.66. The monoisotopic (exact) mass is 177 g/mol. The number of halogens is 1. The Morgan fingerprint density at radius 3 is 2.86 bits per heavy atom. The molecule has 0 rings (SSSR count). The van der Waals surface area contributed by atoms with E-state index in [1.165, 1.54) is 6.42 Å². The van der Waals surface area contributed by atoms with Crippen molar-refractivity contribution >= 4 is 26.4 Å². The summed E-state index contributed by atoms with van der Waals surface area (Å²) < 4.78 is 5.00. The fourth-order valence-corrected chi connectivity index (χ4v) is 1.27. The summed E-state index contributed by atoms with van der Waals surface area (Å²) in [5.74, 6) is 0. The van der Waals surface area contributed by atoms with Gasteiger partial charge < -0.3 is 0 Å². The third kappa shape index (κ3) is 6.89. The quantitative estimate of drug-likeness (QED) is 0.469. The molecular weight excluding hydrogens is 169 g/mol. The maximum absolute atomic E-state index is 5.37. The van der Waals surface area contributed by atoms with E-state index in [9.17, 15) is 0 Å². The third-order valence-electron chi connectivity index (χ3n) is 0.679. The van der Waals surface area contributed by atoms with Gasteiger partial charge in [0, 0.05) is 0 Å². The Morgan fingerprint density at radius 1 is 1.71 bits per heavy atom. The Kier molecular flexibility index (Phi) is 7.76. The standard InChI is InChI=1S/C4H9O.ClH.Ga/c1-2-3-4-5;;/h2-4H2,1H3;1H;/q-1;;+2/p-1. The van der Waals surface area contributed by atoms with Gasteiger partial charge in [-0.2, -0.15) is 0 Å². The summed E-state index contributed by atoms with van der Waals surface area (Å²) in [6.07, 6.45) is 2.36. The van der Waals surface area contributed by atoms with Gasteiger partial charge in [0.05, 0.1) is 0 Å². The third-order valence-corrected chi connectivity index (χ3v) is 2.09. The molecule has 0 amide bonds. The molecule has 0 spiro atoms. The van der Waals surface area contributed by atoms with Crippen LogP contribution in [0.2, 0.25) is 0 Å². The van der Waals surface area contributed by atoms with Crippen LogP contribution in [0, 0.1) is 0 Å². The average Bonchev–Trinajstić information content (AvgIpc) is 1.69. The molecule has 0 heterocycles. The average molecular weight is 178 g/mol. The summed E-state index contributed by atoms with van der Waals surface area (Å²) >= 11 is -0.755. The fraction of sp³-hybridized carbons (Fsp3) is 1.00. The summed E-state index contributed by atoms with van der Waals surface area (Å²) in [6.45, 7) is 3.01. The van der Waals surface area contributed by atoms with E-state index in [1.54, 1.807) is 0 Å². The van der Waals surface area contributed by atoms with E-state index in [1.807, 2.05) is 0 Å². The molecule has 0 aliphatic carbocycles. The van der Waals surface area contributed by atoms with E-state index in [0.717, 1.165) is 13.0 Å². The van der Waals surface area contributed by atoms with Gasteiger partial charge >= 0.3 is 56.3 Å². The second kappa shape index (κ2) is 6.89. The Bertz CT molecular complexity index is 30.9. The molecular formula is C4H9ClGaO. The van der Waals surface area contributed by atoms with Gasteiger partial charge in [-0.25, -0.2) is 0 Å². The first-order valence-corrected chi connectivity index (χ1v) is 6.62. The fourth-order valence-electron chi connectivity index (χ4n) is 0.272. The normalized spacial score (nSPS) is 8.86. The van der Waals surface area contributed by atoms with E-state index >= 15 is 0 Å². The van der Waals surface area contributed by atoms with Gasteiger partial charge in [-0.1, -0.05) is 0 Å².